The molecule has 0 saturated heterocycles. The van der Waals surface area contributed by atoms with Crippen LogP contribution in [0.4, 0.5) is 5.69 Å². The van der Waals surface area contributed by atoms with Gasteiger partial charge in [-0.3, -0.25) is 9.36 Å². The first-order valence-corrected chi connectivity index (χ1v) is 14.3. The number of hydrogen-bond acceptors (Lipinski definition) is 6. The first-order chi connectivity index (χ1) is 17.6. The van der Waals surface area contributed by atoms with Gasteiger partial charge in [-0.2, -0.15) is 0 Å². The normalized spacial score (nSPS) is 11.5. The van der Waals surface area contributed by atoms with E-state index in [9.17, 15) is 13.2 Å². The third-order valence-corrected chi connectivity index (χ3v) is 8.31. The number of sulfonamides is 1. The molecule has 0 radical (unpaired) electrons. The SMILES string of the molecule is CC(=O)Nc1ccc(S(=O)(=O)NCc2nnc(SCc3ccccc3C)n2-c2ccc(Cl)cc2Cl)cc1. The van der Waals surface area contributed by atoms with Crippen molar-refractivity contribution in [2.45, 2.75) is 36.2 Å². The summed E-state index contributed by atoms with van der Waals surface area (Å²) in [6.07, 6.45) is 0. The number of halogens is 2. The summed E-state index contributed by atoms with van der Waals surface area (Å²) >= 11 is 14.1. The van der Waals surface area contributed by atoms with Crippen LogP contribution in [-0.4, -0.2) is 29.1 Å². The zero-order valence-corrected chi connectivity index (χ0v) is 23.0. The highest BCUT2D eigenvalue weighted by molar-refractivity contribution is 7.98. The maximum Gasteiger partial charge on any atom is 0.240 e. The van der Waals surface area contributed by atoms with Gasteiger partial charge in [-0.1, -0.05) is 59.2 Å². The molecule has 0 aliphatic heterocycles. The van der Waals surface area contributed by atoms with E-state index < -0.39 is 10.0 Å². The van der Waals surface area contributed by atoms with E-state index in [2.05, 4.69) is 20.2 Å². The Hall–Kier alpha value is -2.89. The predicted molar refractivity (Wildman–Crippen MR) is 147 cm³/mol. The van der Waals surface area contributed by atoms with Crippen LogP contribution in [0.1, 0.15) is 23.9 Å². The van der Waals surface area contributed by atoms with Crippen LogP contribution >= 0.6 is 35.0 Å². The van der Waals surface area contributed by atoms with E-state index in [1.807, 2.05) is 31.2 Å². The Morgan fingerprint density at radius 3 is 2.43 bits per heavy atom. The molecule has 1 aromatic heterocycles. The number of carbonyl (C=O) groups excluding carboxylic acids is 1. The molecule has 12 heteroatoms. The number of anilines is 1. The van der Waals surface area contributed by atoms with Gasteiger partial charge in [0.15, 0.2) is 11.0 Å². The summed E-state index contributed by atoms with van der Waals surface area (Å²) < 4.78 is 30.2. The molecule has 0 unspecified atom stereocenters. The van der Waals surface area contributed by atoms with Crippen molar-refractivity contribution < 1.29 is 13.2 Å². The molecular formula is C25H23Cl2N5O3S2. The number of nitrogens with one attached hydrogen (secondary N) is 2. The summed E-state index contributed by atoms with van der Waals surface area (Å²) in [4.78, 5) is 11.3. The standard InChI is InChI=1S/C25H23Cl2N5O3S2/c1-16-5-3-4-6-18(16)15-36-25-31-30-24(32(25)23-12-7-19(26)13-22(23)27)14-28-37(34,35)21-10-8-20(9-11-21)29-17(2)33/h3-13,28H,14-15H2,1-2H3,(H,29,33). The predicted octanol–water partition coefficient (Wildman–Crippen LogP) is 5.61. The maximum atomic E-state index is 12.9. The molecule has 0 saturated carbocycles. The fraction of sp³-hybridized carbons (Fsp3) is 0.160. The molecule has 192 valence electrons. The van der Waals surface area contributed by atoms with E-state index in [0.717, 1.165) is 11.1 Å². The molecule has 37 heavy (non-hydrogen) atoms. The Kier molecular flexibility index (Phi) is 8.56. The van der Waals surface area contributed by atoms with E-state index in [4.69, 9.17) is 23.2 Å². The fourth-order valence-electron chi connectivity index (χ4n) is 3.49. The molecule has 0 spiro atoms. The van der Waals surface area contributed by atoms with Crippen molar-refractivity contribution in [1.82, 2.24) is 19.5 Å². The molecule has 2 N–H and O–H groups in total. The number of hydrogen-bond donors (Lipinski definition) is 2. The number of thioether (sulfide) groups is 1. The molecule has 8 nitrogen and oxygen atoms in total. The lowest BCUT2D eigenvalue weighted by Crippen LogP contribution is -2.25. The van der Waals surface area contributed by atoms with Crippen LogP contribution in [0.3, 0.4) is 0 Å². The summed E-state index contributed by atoms with van der Waals surface area (Å²) in [7, 11) is -3.88. The number of amides is 1. The molecule has 1 heterocycles. The van der Waals surface area contributed by atoms with E-state index >= 15 is 0 Å². The molecule has 3 aromatic carbocycles. The summed E-state index contributed by atoms with van der Waals surface area (Å²) in [6, 6.07) is 19.0. The van der Waals surface area contributed by atoms with Crippen LogP contribution in [0.5, 0.6) is 0 Å². The van der Waals surface area contributed by atoms with Crippen molar-refractivity contribution in [3.05, 3.63) is 93.7 Å². The van der Waals surface area contributed by atoms with Gasteiger partial charge in [-0.25, -0.2) is 13.1 Å². The minimum atomic E-state index is -3.88. The Labute approximate surface area is 229 Å². The van der Waals surface area contributed by atoms with Crippen molar-refractivity contribution in [3.63, 3.8) is 0 Å². The van der Waals surface area contributed by atoms with E-state index in [1.165, 1.54) is 43.0 Å². The van der Waals surface area contributed by atoms with Crippen molar-refractivity contribution >= 4 is 56.6 Å². The lowest BCUT2D eigenvalue weighted by molar-refractivity contribution is -0.114. The van der Waals surface area contributed by atoms with Gasteiger partial charge >= 0.3 is 0 Å². The average molecular weight is 577 g/mol. The molecule has 0 fully saturated rings. The number of aromatic nitrogens is 3. The lowest BCUT2D eigenvalue weighted by Gasteiger charge is -2.13. The third kappa shape index (κ3) is 6.71. The second-order valence-electron chi connectivity index (χ2n) is 8.08. The van der Waals surface area contributed by atoms with E-state index in [-0.39, 0.29) is 17.3 Å². The van der Waals surface area contributed by atoms with Crippen LogP contribution in [0.15, 0.2) is 76.8 Å². The highest BCUT2D eigenvalue weighted by Gasteiger charge is 2.20. The first kappa shape index (κ1) is 27.2. The maximum absolute atomic E-state index is 12.9. The summed E-state index contributed by atoms with van der Waals surface area (Å²) in [6.45, 7) is 3.29. The third-order valence-electron chi connectivity index (χ3n) is 5.37. The van der Waals surface area contributed by atoms with Crippen molar-refractivity contribution in [2.75, 3.05) is 5.32 Å². The molecule has 4 rings (SSSR count). The number of rotatable bonds is 9. The van der Waals surface area contributed by atoms with E-state index in [0.29, 0.717) is 38.2 Å². The minimum absolute atomic E-state index is 0.0475. The van der Waals surface area contributed by atoms with Crippen molar-refractivity contribution in [2.24, 2.45) is 0 Å². The highest BCUT2D eigenvalue weighted by Crippen LogP contribution is 2.31. The highest BCUT2D eigenvalue weighted by atomic mass is 35.5. The van der Waals surface area contributed by atoms with Crippen LogP contribution in [0.2, 0.25) is 10.0 Å². The number of aryl methyl sites for hydroxylation is 1. The van der Waals surface area contributed by atoms with Gasteiger partial charge in [-0.15, -0.1) is 10.2 Å². The Bertz CT molecular complexity index is 1540. The minimum Gasteiger partial charge on any atom is -0.326 e. The first-order valence-electron chi connectivity index (χ1n) is 11.1. The largest absolute Gasteiger partial charge is 0.326 e. The molecule has 4 aromatic rings. The Morgan fingerprint density at radius 2 is 1.76 bits per heavy atom. The molecule has 0 atom stereocenters. The Balaban J connectivity index is 1.61. The number of nitrogens with zero attached hydrogens (tertiary/aromatic N) is 3. The monoisotopic (exact) mass is 575 g/mol. The van der Waals surface area contributed by atoms with Gasteiger partial charge in [0.25, 0.3) is 0 Å². The molecule has 1 amide bonds. The van der Waals surface area contributed by atoms with Crippen LogP contribution in [0, 0.1) is 6.92 Å². The second kappa shape index (κ2) is 11.7. The Morgan fingerprint density at radius 1 is 1.03 bits per heavy atom. The quantitative estimate of drug-likeness (QED) is 0.251. The van der Waals surface area contributed by atoms with Crippen LogP contribution < -0.4 is 10.0 Å². The van der Waals surface area contributed by atoms with Gasteiger partial charge in [0.05, 0.1) is 22.2 Å². The smallest absolute Gasteiger partial charge is 0.240 e. The summed E-state index contributed by atoms with van der Waals surface area (Å²) in [5, 5.41) is 12.6. The zero-order valence-electron chi connectivity index (χ0n) is 19.9. The zero-order chi connectivity index (χ0) is 26.6. The van der Waals surface area contributed by atoms with Gasteiger partial charge in [0, 0.05) is 23.4 Å². The van der Waals surface area contributed by atoms with Crippen molar-refractivity contribution in [1.29, 1.82) is 0 Å². The van der Waals surface area contributed by atoms with E-state index in [1.54, 1.807) is 22.8 Å². The summed E-state index contributed by atoms with van der Waals surface area (Å²) in [5.74, 6) is 0.752. The van der Waals surface area contributed by atoms with Crippen LogP contribution in [-0.2, 0) is 27.1 Å². The lowest BCUT2D eigenvalue weighted by atomic mass is 10.1. The number of carbonyl (C=O) groups is 1. The van der Waals surface area contributed by atoms with Gasteiger partial charge < -0.3 is 5.32 Å². The average Bonchev–Trinajstić information content (AvgIpc) is 3.25. The van der Waals surface area contributed by atoms with Gasteiger partial charge in [0.1, 0.15) is 0 Å². The molecular weight excluding hydrogens is 553 g/mol. The topological polar surface area (TPSA) is 106 Å². The second-order valence-corrected chi connectivity index (χ2v) is 11.6. The van der Waals surface area contributed by atoms with Crippen molar-refractivity contribution in [3.8, 4) is 5.69 Å². The number of benzene rings is 3. The fourth-order valence-corrected chi connectivity index (χ4v) is 6.00. The van der Waals surface area contributed by atoms with Gasteiger partial charge in [0.2, 0.25) is 15.9 Å². The molecule has 0 aliphatic rings. The summed E-state index contributed by atoms with van der Waals surface area (Å²) in [5.41, 5.74) is 3.38. The molecule has 0 bridgehead atoms. The molecule has 0 aliphatic carbocycles. The van der Waals surface area contributed by atoms with Gasteiger partial charge in [-0.05, 0) is 60.5 Å². The van der Waals surface area contributed by atoms with Crippen LogP contribution in [0.25, 0.3) is 5.69 Å².